The fourth-order valence-electron chi connectivity index (χ4n) is 0.596. The lowest BCUT2D eigenvalue weighted by atomic mass is 10.2. The zero-order chi connectivity index (χ0) is 10.3. The van der Waals surface area contributed by atoms with Crippen molar-refractivity contribution in [1.82, 2.24) is 0 Å². The van der Waals surface area contributed by atoms with Crippen LogP contribution in [0.5, 0.6) is 5.75 Å². The smallest absolute Gasteiger partial charge is 0.300 e. The summed E-state index contributed by atoms with van der Waals surface area (Å²) in [6.45, 7) is 1.08. The van der Waals surface area contributed by atoms with Crippen LogP contribution in [-0.4, -0.2) is 16.2 Å². The number of rotatable bonds is 0. The molecule has 0 fully saturated rings. The topological polar surface area (TPSA) is 57.5 Å². The first-order valence-electron chi connectivity index (χ1n) is 3.52. The molecule has 1 rings (SSSR count). The molecule has 0 radical (unpaired) electrons. The van der Waals surface area contributed by atoms with Crippen LogP contribution in [0.2, 0.25) is 0 Å². The van der Waals surface area contributed by atoms with E-state index in [-0.39, 0.29) is 5.75 Å². The number of hydrogen-bond acceptors (Lipinski definition) is 2. The summed E-state index contributed by atoms with van der Waals surface area (Å²) in [5.74, 6) is 1.68. The number of terminal acetylenes is 1. The Hall–Kier alpha value is -1.95. The highest BCUT2D eigenvalue weighted by Crippen LogP contribution is 2.12. The van der Waals surface area contributed by atoms with Gasteiger partial charge in [-0.2, -0.15) is 0 Å². The molecule has 0 amide bonds. The summed E-state index contributed by atoms with van der Waals surface area (Å²) in [7, 11) is 0. The van der Waals surface area contributed by atoms with Gasteiger partial charge in [0.25, 0.3) is 5.97 Å². The average molecular weight is 178 g/mol. The Bertz CT molecular complexity index is 319. The largest absolute Gasteiger partial charge is 0.507 e. The second-order valence-electron chi connectivity index (χ2n) is 2.18. The lowest BCUT2D eigenvalue weighted by Gasteiger charge is -1.91. The van der Waals surface area contributed by atoms with Gasteiger partial charge in [0.05, 0.1) is 5.56 Å². The molecule has 0 heterocycles. The molecule has 0 atom stereocenters. The molecular formula is C10H10O3. The van der Waals surface area contributed by atoms with Crippen LogP contribution in [0, 0.1) is 12.3 Å². The first-order valence-corrected chi connectivity index (χ1v) is 3.52. The van der Waals surface area contributed by atoms with Crippen LogP contribution in [0.4, 0.5) is 0 Å². The molecule has 0 aliphatic rings. The van der Waals surface area contributed by atoms with E-state index in [0.717, 1.165) is 6.92 Å². The normalized spacial score (nSPS) is 7.69. The van der Waals surface area contributed by atoms with Gasteiger partial charge in [-0.1, -0.05) is 18.1 Å². The molecule has 0 unspecified atom stereocenters. The molecule has 2 N–H and O–H groups in total. The van der Waals surface area contributed by atoms with E-state index in [2.05, 4.69) is 5.92 Å². The number of phenolic OH excluding ortho intramolecular Hbond substituents is 1. The molecule has 68 valence electrons. The lowest BCUT2D eigenvalue weighted by molar-refractivity contribution is -0.134. The maximum atomic E-state index is 9.00. The number of para-hydroxylation sites is 1. The Morgan fingerprint density at radius 1 is 1.46 bits per heavy atom. The summed E-state index contributed by atoms with van der Waals surface area (Å²) < 4.78 is 0. The molecule has 0 saturated carbocycles. The van der Waals surface area contributed by atoms with Gasteiger partial charge in [0, 0.05) is 6.92 Å². The third-order valence-corrected chi connectivity index (χ3v) is 1.06. The number of benzene rings is 1. The van der Waals surface area contributed by atoms with Crippen molar-refractivity contribution < 1.29 is 15.0 Å². The van der Waals surface area contributed by atoms with E-state index in [4.69, 9.17) is 21.4 Å². The van der Waals surface area contributed by atoms with Crippen LogP contribution < -0.4 is 0 Å². The number of carboxylic acid groups (broad SMARTS) is 1. The Morgan fingerprint density at radius 2 is 1.92 bits per heavy atom. The van der Waals surface area contributed by atoms with Gasteiger partial charge in [-0.3, -0.25) is 4.79 Å². The summed E-state index contributed by atoms with van der Waals surface area (Å²) >= 11 is 0. The highest BCUT2D eigenvalue weighted by Gasteiger charge is 1.90. The minimum atomic E-state index is -0.833. The van der Waals surface area contributed by atoms with Crippen molar-refractivity contribution in [2.24, 2.45) is 0 Å². The van der Waals surface area contributed by atoms with E-state index < -0.39 is 5.97 Å². The van der Waals surface area contributed by atoms with E-state index >= 15 is 0 Å². The third-order valence-electron chi connectivity index (χ3n) is 1.06. The Balaban J connectivity index is 0.000000310. The molecule has 0 bridgehead atoms. The molecule has 1 aromatic rings. The van der Waals surface area contributed by atoms with Gasteiger partial charge in [0.2, 0.25) is 0 Å². The highest BCUT2D eigenvalue weighted by molar-refractivity contribution is 5.62. The fraction of sp³-hybridized carbons (Fsp3) is 0.100. The predicted molar refractivity (Wildman–Crippen MR) is 49.4 cm³/mol. The summed E-state index contributed by atoms with van der Waals surface area (Å²) in [4.78, 5) is 9.00. The number of carboxylic acids is 1. The zero-order valence-corrected chi connectivity index (χ0v) is 7.19. The quantitative estimate of drug-likeness (QED) is 0.591. The molecule has 0 aliphatic carbocycles. The van der Waals surface area contributed by atoms with Crippen LogP contribution in [0.1, 0.15) is 12.5 Å². The van der Waals surface area contributed by atoms with Gasteiger partial charge in [0.15, 0.2) is 0 Å². The predicted octanol–water partition coefficient (Wildman–Crippen LogP) is 1.46. The lowest BCUT2D eigenvalue weighted by Crippen LogP contribution is -1.78. The van der Waals surface area contributed by atoms with Crippen molar-refractivity contribution in [2.45, 2.75) is 6.92 Å². The molecular weight excluding hydrogens is 168 g/mol. The van der Waals surface area contributed by atoms with Gasteiger partial charge >= 0.3 is 0 Å². The minimum absolute atomic E-state index is 0.167. The Morgan fingerprint density at radius 3 is 2.23 bits per heavy atom. The van der Waals surface area contributed by atoms with E-state index in [1.54, 1.807) is 24.3 Å². The molecule has 1 aromatic carbocycles. The molecule has 13 heavy (non-hydrogen) atoms. The first kappa shape index (κ1) is 11.1. The van der Waals surface area contributed by atoms with Crippen molar-refractivity contribution in [1.29, 1.82) is 0 Å². The summed E-state index contributed by atoms with van der Waals surface area (Å²) in [5.41, 5.74) is 0.539. The van der Waals surface area contributed by atoms with Crippen molar-refractivity contribution in [3.8, 4) is 18.1 Å². The second-order valence-corrected chi connectivity index (χ2v) is 2.18. The Kier molecular flexibility index (Phi) is 4.82. The van der Waals surface area contributed by atoms with Crippen LogP contribution in [-0.2, 0) is 4.79 Å². The molecule has 0 saturated heterocycles. The minimum Gasteiger partial charge on any atom is -0.507 e. The van der Waals surface area contributed by atoms with E-state index in [9.17, 15) is 0 Å². The molecule has 0 aromatic heterocycles. The maximum Gasteiger partial charge on any atom is 0.300 e. The van der Waals surface area contributed by atoms with Crippen molar-refractivity contribution in [3.05, 3.63) is 29.8 Å². The van der Waals surface area contributed by atoms with Gasteiger partial charge in [-0.25, -0.2) is 0 Å². The summed E-state index contributed by atoms with van der Waals surface area (Å²) in [6.07, 6.45) is 5.04. The molecule has 0 aliphatic heterocycles. The zero-order valence-electron chi connectivity index (χ0n) is 7.19. The van der Waals surface area contributed by atoms with Gasteiger partial charge in [-0.05, 0) is 12.1 Å². The van der Waals surface area contributed by atoms with Crippen LogP contribution >= 0.6 is 0 Å². The summed E-state index contributed by atoms with van der Waals surface area (Å²) in [6, 6.07) is 6.77. The maximum absolute atomic E-state index is 9.00. The first-order chi connectivity index (χ1) is 6.07. The Labute approximate surface area is 76.6 Å². The monoisotopic (exact) mass is 178 g/mol. The number of aliphatic carboxylic acids is 1. The molecule has 3 nitrogen and oxygen atoms in total. The van der Waals surface area contributed by atoms with Crippen molar-refractivity contribution >= 4 is 5.97 Å². The van der Waals surface area contributed by atoms with Gasteiger partial charge < -0.3 is 10.2 Å². The third kappa shape index (κ3) is 5.33. The molecule has 3 heteroatoms. The molecule has 0 spiro atoms. The van der Waals surface area contributed by atoms with E-state index in [0.29, 0.717) is 5.56 Å². The number of hydrogen-bond donors (Lipinski definition) is 2. The average Bonchev–Trinajstić information content (AvgIpc) is 2.04. The van der Waals surface area contributed by atoms with Crippen LogP contribution in [0.3, 0.4) is 0 Å². The number of phenols is 1. The van der Waals surface area contributed by atoms with E-state index in [1.807, 2.05) is 0 Å². The number of carbonyl (C=O) groups is 1. The van der Waals surface area contributed by atoms with Crippen molar-refractivity contribution in [3.63, 3.8) is 0 Å². The number of aromatic hydroxyl groups is 1. The standard InChI is InChI=1S/C8H6O.C2H4O2/c1-2-7-5-3-4-6-8(7)9;1-2(3)4/h1,3-6,9H;1H3,(H,3,4). The van der Waals surface area contributed by atoms with Crippen LogP contribution in [0.25, 0.3) is 0 Å². The fourth-order valence-corrected chi connectivity index (χ4v) is 0.596. The highest BCUT2D eigenvalue weighted by atomic mass is 16.4. The van der Waals surface area contributed by atoms with Crippen molar-refractivity contribution in [2.75, 3.05) is 0 Å². The SMILES string of the molecule is C#Cc1ccccc1O.CC(=O)O. The van der Waals surface area contributed by atoms with E-state index in [1.165, 1.54) is 0 Å². The summed E-state index contributed by atoms with van der Waals surface area (Å²) in [5, 5.41) is 16.4. The second kappa shape index (κ2) is 5.67. The van der Waals surface area contributed by atoms with Crippen LogP contribution in [0.15, 0.2) is 24.3 Å². The van der Waals surface area contributed by atoms with Gasteiger partial charge in [-0.15, -0.1) is 6.42 Å². The van der Waals surface area contributed by atoms with Gasteiger partial charge in [0.1, 0.15) is 5.75 Å².